The Morgan fingerprint density at radius 3 is 2.92 bits per heavy atom. The molecule has 24 heavy (non-hydrogen) atoms. The van der Waals surface area contributed by atoms with Gasteiger partial charge in [-0.2, -0.15) is 0 Å². The number of amides is 1. The van der Waals surface area contributed by atoms with Crippen molar-refractivity contribution in [3.05, 3.63) is 54.0 Å². The maximum atomic E-state index is 12.2. The topological polar surface area (TPSA) is 76.1 Å². The maximum Gasteiger partial charge on any atom is 0.270 e. The van der Waals surface area contributed by atoms with Crippen LogP contribution >= 0.6 is 0 Å². The van der Waals surface area contributed by atoms with E-state index in [1.54, 1.807) is 6.07 Å². The van der Waals surface area contributed by atoms with Crippen LogP contribution in [0, 0.1) is 0 Å². The van der Waals surface area contributed by atoms with Crippen LogP contribution in [-0.4, -0.2) is 41.7 Å². The average molecular weight is 326 g/mol. The Morgan fingerprint density at radius 2 is 2.12 bits per heavy atom. The van der Waals surface area contributed by atoms with Crippen molar-refractivity contribution in [3.8, 4) is 0 Å². The van der Waals surface area contributed by atoms with E-state index in [1.807, 2.05) is 18.2 Å². The Kier molecular flexibility index (Phi) is 5.74. The molecule has 6 nitrogen and oxygen atoms in total. The first-order chi connectivity index (χ1) is 11.8. The molecule has 1 fully saturated rings. The first-order valence-corrected chi connectivity index (χ1v) is 8.31. The van der Waals surface area contributed by atoms with Gasteiger partial charge in [-0.05, 0) is 24.8 Å². The van der Waals surface area contributed by atoms with Gasteiger partial charge in [0.05, 0.1) is 6.10 Å². The molecule has 0 spiro atoms. The number of carbonyl (C=O) groups is 1. The summed E-state index contributed by atoms with van der Waals surface area (Å²) in [6.45, 7) is 2.06. The molecule has 1 aromatic heterocycles. The molecule has 6 heteroatoms. The first kappa shape index (κ1) is 16.4. The summed E-state index contributed by atoms with van der Waals surface area (Å²) in [6.07, 6.45) is 4.48. The monoisotopic (exact) mass is 326 g/mol. The lowest BCUT2D eigenvalue weighted by Crippen LogP contribution is -2.32. The van der Waals surface area contributed by atoms with Crippen molar-refractivity contribution < 1.29 is 9.53 Å². The molecule has 126 valence electrons. The lowest BCUT2D eigenvalue weighted by Gasteiger charge is -2.11. The first-order valence-electron chi connectivity index (χ1n) is 8.31. The van der Waals surface area contributed by atoms with Gasteiger partial charge in [0.2, 0.25) is 0 Å². The second-order valence-corrected chi connectivity index (χ2v) is 5.80. The van der Waals surface area contributed by atoms with E-state index in [9.17, 15) is 4.79 Å². The van der Waals surface area contributed by atoms with Crippen LogP contribution in [0.2, 0.25) is 0 Å². The normalized spacial score (nSPS) is 16.8. The molecular formula is C18H22N4O2. The Bertz CT molecular complexity index is 657. The van der Waals surface area contributed by atoms with E-state index in [1.165, 1.54) is 11.9 Å². The summed E-state index contributed by atoms with van der Waals surface area (Å²) >= 11 is 0. The minimum Gasteiger partial charge on any atom is -0.376 e. The second-order valence-electron chi connectivity index (χ2n) is 5.80. The molecule has 1 saturated heterocycles. The lowest BCUT2D eigenvalue weighted by molar-refractivity contribution is 0.0853. The van der Waals surface area contributed by atoms with Crippen LogP contribution in [0.1, 0.15) is 28.9 Å². The minimum atomic E-state index is -0.195. The summed E-state index contributed by atoms with van der Waals surface area (Å²) < 4.78 is 5.50. The van der Waals surface area contributed by atoms with Crippen molar-refractivity contribution in [2.75, 3.05) is 25.0 Å². The largest absolute Gasteiger partial charge is 0.376 e. The number of benzene rings is 1. The SMILES string of the molecule is O=C(NCC1CCCO1)c1cc(NCCc2ccccc2)ncn1. The van der Waals surface area contributed by atoms with Crippen molar-refractivity contribution in [2.45, 2.75) is 25.4 Å². The van der Waals surface area contributed by atoms with Crippen LogP contribution in [-0.2, 0) is 11.2 Å². The van der Waals surface area contributed by atoms with Gasteiger partial charge in [-0.25, -0.2) is 9.97 Å². The number of anilines is 1. The molecule has 1 unspecified atom stereocenters. The summed E-state index contributed by atoms with van der Waals surface area (Å²) in [5, 5.41) is 6.10. The van der Waals surface area contributed by atoms with Crippen LogP contribution in [0.15, 0.2) is 42.7 Å². The number of ether oxygens (including phenoxy) is 1. The molecule has 0 radical (unpaired) electrons. The van der Waals surface area contributed by atoms with Crippen molar-refractivity contribution in [3.63, 3.8) is 0 Å². The van der Waals surface area contributed by atoms with Gasteiger partial charge in [0, 0.05) is 25.8 Å². The van der Waals surface area contributed by atoms with Gasteiger partial charge in [0.1, 0.15) is 17.8 Å². The van der Waals surface area contributed by atoms with Crippen LogP contribution < -0.4 is 10.6 Å². The quantitative estimate of drug-likeness (QED) is 0.814. The predicted molar refractivity (Wildman–Crippen MR) is 92.0 cm³/mol. The predicted octanol–water partition coefficient (Wildman–Crippen LogP) is 2.04. The zero-order valence-corrected chi connectivity index (χ0v) is 13.6. The number of carbonyl (C=O) groups excluding carboxylic acids is 1. The molecule has 2 aromatic rings. The molecule has 1 aliphatic heterocycles. The third-order valence-corrected chi connectivity index (χ3v) is 3.98. The van der Waals surface area contributed by atoms with Crippen LogP contribution in [0.4, 0.5) is 5.82 Å². The third-order valence-electron chi connectivity index (χ3n) is 3.98. The summed E-state index contributed by atoms with van der Waals surface area (Å²) in [4.78, 5) is 20.4. The van der Waals surface area contributed by atoms with Gasteiger partial charge in [0.25, 0.3) is 5.91 Å². The van der Waals surface area contributed by atoms with Crippen molar-refractivity contribution in [1.29, 1.82) is 0 Å². The summed E-state index contributed by atoms with van der Waals surface area (Å²) in [6, 6.07) is 11.9. The van der Waals surface area contributed by atoms with Gasteiger partial charge in [-0.3, -0.25) is 4.79 Å². The Balaban J connectivity index is 1.48. The molecule has 0 bridgehead atoms. The number of nitrogens with zero attached hydrogens (tertiary/aromatic N) is 2. The van der Waals surface area contributed by atoms with Crippen molar-refractivity contribution >= 4 is 11.7 Å². The number of rotatable bonds is 7. The highest BCUT2D eigenvalue weighted by Gasteiger charge is 2.17. The highest BCUT2D eigenvalue weighted by Crippen LogP contribution is 2.11. The van der Waals surface area contributed by atoms with E-state index < -0.39 is 0 Å². The van der Waals surface area contributed by atoms with Crippen LogP contribution in [0.25, 0.3) is 0 Å². The standard InChI is InChI=1S/C18H22N4O2/c23-18(20-12-15-7-4-10-24-15)16-11-17(22-13-21-16)19-9-8-14-5-2-1-3-6-14/h1-3,5-6,11,13,15H,4,7-10,12H2,(H,20,23)(H,19,21,22). The lowest BCUT2D eigenvalue weighted by atomic mass is 10.1. The summed E-state index contributed by atoms with van der Waals surface area (Å²) in [7, 11) is 0. The molecular weight excluding hydrogens is 304 g/mol. The highest BCUT2D eigenvalue weighted by molar-refractivity contribution is 5.92. The number of nitrogens with one attached hydrogen (secondary N) is 2. The molecule has 1 amide bonds. The third kappa shape index (κ3) is 4.76. The highest BCUT2D eigenvalue weighted by atomic mass is 16.5. The van der Waals surface area contributed by atoms with Crippen molar-refractivity contribution in [2.24, 2.45) is 0 Å². The molecule has 1 aliphatic rings. The fourth-order valence-corrected chi connectivity index (χ4v) is 2.66. The fraction of sp³-hybridized carbons (Fsp3) is 0.389. The molecule has 0 saturated carbocycles. The van der Waals surface area contributed by atoms with Gasteiger partial charge in [-0.1, -0.05) is 30.3 Å². The van der Waals surface area contributed by atoms with Gasteiger partial charge < -0.3 is 15.4 Å². The average Bonchev–Trinajstić information content (AvgIpc) is 3.14. The Hall–Kier alpha value is -2.47. The van der Waals surface area contributed by atoms with Gasteiger partial charge in [-0.15, -0.1) is 0 Å². The van der Waals surface area contributed by atoms with Crippen LogP contribution in [0.3, 0.4) is 0 Å². The summed E-state index contributed by atoms with van der Waals surface area (Å²) in [5.74, 6) is 0.460. The smallest absolute Gasteiger partial charge is 0.270 e. The molecule has 0 aliphatic carbocycles. The number of aromatic nitrogens is 2. The van der Waals surface area contributed by atoms with E-state index in [4.69, 9.17) is 4.74 Å². The van der Waals surface area contributed by atoms with E-state index in [2.05, 4.69) is 32.7 Å². The number of hydrogen-bond donors (Lipinski definition) is 2. The molecule has 2 N–H and O–H groups in total. The van der Waals surface area contributed by atoms with E-state index in [-0.39, 0.29) is 12.0 Å². The summed E-state index contributed by atoms with van der Waals surface area (Å²) in [5.41, 5.74) is 1.62. The molecule has 1 aromatic carbocycles. The van der Waals surface area contributed by atoms with Crippen molar-refractivity contribution in [1.82, 2.24) is 15.3 Å². The zero-order chi connectivity index (χ0) is 16.6. The Labute approximate surface area is 141 Å². The van der Waals surface area contributed by atoms with Crippen LogP contribution in [0.5, 0.6) is 0 Å². The number of hydrogen-bond acceptors (Lipinski definition) is 5. The maximum absolute atomic E-state index is 12.2. The van der Waals surface area contributed by atoms with Gasteiger partial charge >= 0.3 is 0 Å². The fourth-order valence-electron chi connectivity index (χ4n) is 2.66. The molecule has 2 heterocycles. The molecule has 3 rings (SSSR count). The van der Waals surface area contributed by atoms with E-state index in [0.717, 1.165) is 32.4 Å². The van der Waals surface area contributed by atoms with E-state index in [0.29, 0.717) is 18.1 Å². The minimum absolute atomic E-state index is 0.124. The zero-order valence-electron chi connectivity index (χ0n) is 13.6. The Morgan fingerprint density at radius 1 is 1.25 bits per heavy atom. The second kappa shape index (κ2) is 8.40. The molecule has 1 atom stereocenters. The van der Waals surface area contributed by atoms with E-state index >= 15 is 0 Å². The van der Waals surface area contributed by atoms with Gasteiger partial charge in [0.15, 0.2) is 0 Å².